The van der Waals surface area contributed by atoms with Crippen LogP contribution in [0.25, 0.3) is 0 Å². The first-order chi connectivity index (χ1) is 9.02. The number of carbonyl (C=O) groups is 2. The maximum Gasteiger partial charge on any atom is 0.303 e. The summed E-state index contributed by atoms with van der Waals surface area (Å²) in [5.41, 5.74) is 1.05. The highest BCUT2D eigenvalue weighted by atomic mass is 32.2. The average molecular weight is 281 g/mol. The number of amides is 1. The highest BCUT2D eigenvalue weighted by molar-refractivity contribution is 7.98. The minimum Gasteiger partial charge on any atom is -0.481 e. The van der Waals surface area contributed by atoms with E-state index in [4.69, 9.17) is 5.11 Å². The monoisotopic (exact) mass is 281 g/mol. The SMILES string of the molecule is CSc1ccc(C(C)NC(=O)CCCC(=O)O)cc1. The van der Waals surface area contributed by atoms with Crippen LogP contribution >= 0.6 is 11.8 Å². The maximum atomic E-state index is 11.6. The van der Waals surface area contributed by atoms with Gasteiger partial charge in [0.1, 0.15) is 0 Å². The Bertz CT molecular complexity index is 431. The molecule has 0 aliphatic heterocycles. The molecule has 2 N–H and O–H groups in total. The van der Waals surface area contributed by atoms with Gasteiger partial charge in [-0.2, -0.15) is 0 Å². The largest absolute Gasteiger partial charge is 0.481 e. The fraction of sp³-hybridized carbons (Fsp3) is 0.429. The zero-order valence-electron chi connectivity index (χ0n) is 11.2. The van der Waals surface area contributed by atoms with E-state index in [1.54, 1.807) is 11.8 Å². The summed E-state index contributed by atoms with van der Waals surface area (Å²) in [6.45, 7) is 1.92. The lowest BCUT2D eigenvalue weighted by atomic mass is 10.1. The van der Waals surface area contributed by atoms with Crippen LogP contribution in [0.3, 0.4) is 0 Å². The van der Waals surface area contributed by atoms with Crippen molar-refractivity contribution in [3.8, 4) is 0 Å². The van der Waals surface area contributed by atoms with Gasteiger partial charge in [-0.1, -0.05) is 12.1 Å². The number of hydrogen-bond acceptors (Lipinski definition) is 3. The van der Waals surface area contributed by atoms with Gasteiger partial charge in [0.25, 0.3) is 0 Å². The molecule has 0 aliphatic rings. The van der Waals surface area contributed by atoms with Gasteiger partial charge < -0.3 is 10.4 Å². The molecule has 0 heterocycles. The van der Waals surface area contributed by atoms with Gasteiger partial charge in [0.2, 0.25) is 5.91 Å². The predicted molar refractivity (Wildman–Crippen MR) is 76.3 cm³/mol. The zero-order chi connectivity index (χ0) is 14.3. The number of aliphatic carboxylic acids is 1. The Balaban J connectivity index is 2.42. The Morgan fingerprint density at radius 2 is 1.89 bits per heavy atom. The van der Waals surface area contributed by atoms with Crippen LogP contribution in [0, 0.1) is 0 Å². The van der Waals surface area contributed by atoms with Crippen LogP contribution in [0.2, 0.25) is 0 Å². The van der Waals surface area contributed by atoms with Crippen molar-refractivity contribution >= 4 is 23.6 Å². The molecule has 1 aromatic carbocycles. The van der Waals surface area contributed by atoms with Gasteiger partial charge in [-0.3, -0.25) is 9.59 Å². The van der Waals surface area contributed by atoms with Crippen molar-refractivity contribution in [1.82, 2.24) is 5.32 Å². The van der Waals surface area contributed by atoms with E-state index in [1.165, 1.54) is 4.90 Å². The number of thioether (sulfide) groups is 1. The van der Waals surface area contributed by atoms with Crippen molar-refractivity contribution in [1.29, 1.82) is 0 Å². The standard InChI is InChI=1S/C14H19NO3S/c1-10(11-6-8-12(19-2)9-7-11)15-13(16)4-3-5-14(17)18/h6-10H,3-5H2,1-2H3,(H,15,16)(H,17,18). The van der Waals surface area contributed by atoms with Crippen molar-refractivity contribution in [3.05, 3.63) is 29.8 Å². The van der Waals surface area contributed by atoms with Crippen molar-refractivity contribution in [2.45, 2.75) is 37.1 Å². The molecule has 5 heteroatoms. The van der Waals surface area contributed by atoms with Crippen LogP contribution < -0.4 is 5.32 Å². The molecule has 0 saturated carbocycles. The molecule has 0 spiro atoms. The van der Waals surface area contributed by atoms with Gasteiger partial charge in [0.15, 0.2) is 0 Å². The van der Waals surface area contributed by atoms with Crippen LogP contribution in [0.15, 0.2) is 29.2 Å². The summed E-state index contributed by atoms with van der Waals surface area (Å²) in [6.07, 6.45) is 2.67. The van der Waals surface area contributed by atoms with E-state index in [0.717, 1.165) is 5.56 Å². The average Bonchev–Trinajstić information content (AvgIpc) is 2.38. The van der Waals surface area contributed by atoms with Crippen LogP contribution in [0.4, 0.5) is 0 Å². The second kappa shape index (κ2) is 7.84. The Labute approximate surface area is 117 Å². The van der Waals surface area contributed by atoms with Crippen molar-refractivity contribution in [3.63, 3.8) is 0 Å². The van der Waals surface area contributed by atoms with Crippen LogP contribution in [-0.2, 0) is 9.59 Å². The first kappa shape index (κ1) is 15.6. The van der Waals surface area contributed by atoms with Crippen molar-refractivity contribution in [2.75, 3.05) is 6.26 Å². The molecule has 1 atom stereocenters. The molecule has 0 aromatic heterocycles. The van der Waals surface area contributed by atoms with E-state index in [1.807, 2.05) is 37.4 Å². The van der Waals surface area contributed by atoms with Crippen LogP contribution in [0.1, 0.15) is 37.8 Å². The molecule has 104 valence electrons. The molecule has 4 nitrogen and oxygen atoms in total. The lowest BCUT2D eigenvalue weighted by Gasteiger charge is -2.14. The van der Waals surface area contributed by atoms with Crippen LogP contribution in [-0.4, -0.2) is 23.2 Å². The highest BCUT2D eigenvalue weighted by Gasteiger charge is 2.10. The minimum absolute atomic E-state index is 0.0320. The molecule has 1 amide bonds. The number of carboxylic acid groups (broad SMARTS) is 1. The van der Waals surface area contributed by atoms with E-state index in [9.17, 15) is 9.59 Å². The van der Waals surface area contributed by atoms with Gasteiger partial charge >= 0.3 is 5.97 Å². The fourth-order valence-corrected chi connectivity index (χ4v) is 2.10. The van der Waals surface area contributed by atoms with Gasteiger partial charge in [-0.15, -0.1) is 11.8 Å². The normalized spacial score (nSPS) is 11.9. The third kappa shape index (κ3) is 5.79. The molecule has 0 saturated heterocycles. The molecule has 19 heavy (non-hydrogen) atoms. The summed E-state index contributed by atoms with van der Waals surface area (Å²) in [7, 11) is 0. The second-order valence-electron chi connectivity index (χ2n) is 4.31. The maximum absolute atomic E-state index is 11.6. The Kier molecular flexibility index (Phi) is 6.42. The first-order valence-corrected chi connectivity index (χ1v) is 7.40. The summed E-state index contributed by atoms with van der Waals surface area (Å²) in [5.74, 6) is -0.976. The Hall–Kier alpha value is -1.49. The molecule has 0 fully saturated rings. The number of carboxylic acids is 1. The summed E-state index contributed by atoms with van der Waals surface area (Å²) >= 11 is 1.67. The molecule has 0 radical (unpaired) electrons. The minimum atomic E-state index is -0.867. The summed E-state index contributed by atoms with van der Waals surface area (Å²) in [6, 6.07) is 7.97. The number of rotatable bonds is 7. The zero-order valence-corrected chi connectivity index (χ0v) is 12.0. The number of hydrogen-bond donors (Lipinski definition) is 2. The van der Waals surface area contributed by atoms with Crippen molar-refractivity contribution < 1.29 is 14.7 Å². The van der Waals surface area contributed by atoms with E-state index in [2.05, 4.69) is 5.32 Å². The fourth-order valence-electron chi connectivity index (χ4n) is 1.69. The first-order valence-electron chi connectivity index (χ1n) is 6.18. The summed E-state index contributed by atoms with van der Waals surface area (Å²) in [4.78, 5) is 23.2. The van der Waals surface area contributed by atoms with E-state index >= 15 is 0 Å². The lowest BCUT2D eigenvalue weighted by molar-refractivity contribution is -0.137. The van der Waals surface area contributed by atoms with E-state index < -0.39 is 5.97 Å². The molecule has 0 aliphatic carbocycles. The predicted octanol–water partition coefficient (Wildman–Crippen LogP) is 2.84. The Morgan fingerprint density at radius 1 is 1.26 bits per heavy atom. The Morgan fingerprint density at radius 3 is 2.42 bits per heavy atom. The second-order valence-corrected chi connectivity index (χ2v) is 5.19. The van der Waals surface area contributed by atoms with Gasteiger partial charge in [0, 0.05) is 17.7 Å². The van der Waals surface area contributed by atoms with Gasteiger partial charge in [0.05, 0.1) is 6.04 Å². The highest BCUT2D eigenvalue weighted by Crippen LogP contribution is 2.18. The van der Waals surface area contributed by atoms with Gasteiger partial charge in [-0.05, 0) is 37.3 Å². The number of nitrogens with one attached hydrogen (secondary N) is 1. The van der Waals surface area contributed by atoms with E-state index in [-0.39, 0.29) is 24.8 Å². The molecule has 0 bridgehead atoms. The topological polar surface area (TPSA) is 66.4 Å². The molecule has 1 aromatic rings. The molecule has 1 unspecified atom stereocenters. The lowest BCUT2D eigenvalue weighted by Crippen LogP contribution is -2.26. The van der Waals surface area contributed by atoms with E-state index in [0.29, 0.717) is 6.42 Å². The summed E-state index contributed by atoms with van der Waals surface area (Å²) < 4.78 is 0. The number of benzene rings is 1. The summed E-state index contributed by atoms with van der Waals surface area (Å²) in [5, 5.41) is 11.4. The quantitative estimate of drug-likeness (QED) is 0.754. The smallest absolute Gasteiger partial charge is 0.303 e. The third-order valence-corrected chi connectivity index (χ3v) is 3.53. The van der Waals surface area contributed by atoms with Crippen LogP contribution in [0.5, 0.6) is 0 Å². The number of carbonyl (C=O) groups excluding carboxylic acids is 1. The molecular formula is C14H19NO3S. The third-order valence-electron chi connectivity index (χ3n) is 2.79. The molecule has 1 rings (SSSR count). The van der Waals surface area contributed by atoms with Gasteiger partial charge in [-0.25, -0.2) is 0 Å². The molecular weight excluding hydrogens is 262 g/mol. The van der Waals surface area contributed by atoms with Crippen molar-refractivity contribution in [2.24, 2.45) is 0 Å².